The maximum Gasteiger partial charge on any atom is 0.417 e. The van der Waals surface area contributed by atoms with Gasteiger partial charge in [0.2, 0.25) is 5.65 Å². The van der Waals surface area contributed by atoms with Gasteiger partial charge in [0.1, 0.15) is 12.1 Å². The zero-order valence-electron chi connectivity index (χ0n) is 13.5. The van der Waals surface area contributed by atoms with Crippen molar-refractivity contribution in [2.24, 2.45) is 0 Å². The molecule has 3 aromatic heterocycles. The predicted octanol–water partition coefficient (Wildman–Crippen LogP) is 2.01. The molecule has 2 atom stereocenters. The fraction of sp³-hybridized carbons (Fsp3) is 0.375. The van der Waals surface area contributed by atoms with Gasteiger partial charge >= 0.3 is 6.18 Å². The number of halogens is 3. The zero-order valence-corrected chi connectivity index (χ0v) is 13.5. The molecule has 5 rings (SSSR count). The number of anilines is 2. The number of rotatable bonds is 2. The van der Waals surface area contributed by atoms with Crippen molar-refractivity contribution in [1.82, 2.24) is 24.6 Å². The number of hydrogen-bond acceptors (Lipinski definition) is 6. The number of nitrogens with zero attached hydrogens (tertiary/aromatic N) is 7. The van der Waals surface area contributed by atoms with Gasteiger partial charge in [-0.05, 0) is 18.6 Å². The average Bonchev–Trinajstić information content (AvgIpc) is 3.35. The first kappa shape index (κ1) is 15.4. The Morgan fingerprint density at radius 2 is 1.85 bits per heavy atom. The zero-order chi connectivity index (χ0) is 17.9. The molecule has 26 heavy (non-hydrogen) atoms. The molecule has 0 N–H and O–H groups in total. The monoisotopic (exact) mass is 361 g/mol. The van der Waals surface area contributed by atoms with Crippen LogP contribution >= 0.6 is 0 Å². The number of piperazine rings is 1. The Balaban J connectivity index is 1.38. The van der Waals surface area contributed by atoms with Crippen LogP contribution in [0.5, 0.6) is 0 Å². The summed E-state index contributed by atoms with van der Waals surface area (Å²) in [5.41, 5.74) is -0.0193. The van der Waals surface area contributed by atoms with E-state index in [4.69, 9.17) is 0 Å². The first-order valence-corrected chi connectivity index (χ1v) is 8.21. The van der Waals surface area contributed by atoms with Gasteiger partial charge in [0, 0.05) is 31.7 Å². The second-order valence-corrected chi connectivity index (χ2v) is 6.56. The van der Waals surface area contributed by atoms with E-state index in [9.17, 15) is 13.2 Å². The topological polar surface area (TPSA) is 62.5 Å². The van der Waals surface area contributed by atoms with E-state index in [1.807, 2.05) is 4.40 Å². The predicted molar refractivity (Wildman–Crippen MR) is 86.9 cm³/mol. The lowest BCUT2D eigenvalue weighted by Crippen LogP contribution is -2.47. The van der Waals surface area contributed by atoms with Gasteiger partial charge in [0.25, 0.3) is 0 Å². The summed E-state index contributed by atoms with van der Waals surface area (Å²) in [7, 11) is 0. The van der Waals surface area contributed by atoms with E-state index < -0.39 is 11.7 Å². The molecule has 5 heterocycles. The molecule has 0 radical (unpaired) electrons. The van der Waals surface area contributed by atoms with Gasteiger partial charge in [-0.3, -0.25) is 4.40 Å². The molecule has 10 heteroatoms. The highest BCUT2D eigenvalue weighted by Gasteiger charge is 2.45. The molecule has 0 aromatic carbocycles. The van der Waals surface area contributed by atoms with Crippen LogP contribution in [0.4, 0.5) is 24.8 Å². The van der Waals surface area contributed by atoms with Crippen LogP contribution in [0.3, 0.4) is 0 Å². The lowest BCUT2D eigenvalue weighted by molar-refractivity contribution is -0.137. The fourth-order valence-corrected chi connectivity index (χ4v) is 3.88. The molecule has 0 aliphatic carbocycles. The second kappa shape index (κ2) is 5.29. The van der Waals surface area contributed by atoms with Gasteiger partial charge in [0.05, 0.1) is 17.6 Å². The highest BCUT2D eigenvalue weighted by Crippen LogP contribution is 2.37. The molecular weight excluding hydrogens is 347 g/mol. The Labute approximate surface area is 146 Å². The van der Waals surface area contributed by atoms with Crippen LogP contribution in [0.15, 0.2) is 37.1 Å². The van der Waals surface area contributed by atoms with Crippen LogP contribution in [0, 0.1) is 0 Å². The van der Waals surface area contributed by atoms with Gasteiger partial charge in [-0.2, -0.15) is 13.2 Å². The van der Waals surface area contributed by atoms with E-state index in [-0.39, 0.29) is 12.1 Å². The highest BCUT2D eigenvalue weighted by atomic mass is 19.4. The SMILES string of the molecule is FC(F)(F)c1ccc(N2CC3CC2CN3c2nccn3cnnc23)nc1. The third-order valence-corrected chi connectivity index (χ3v) is 5.08. The normalized spacial score (nSPS) is 22.6. The summed E-state index contributed by atoms with van der Waals surface area (Å²) >= 11 is 0. The molecule has 3 aromatic rings. The molecule has 0 spiro atoms. The molecular formula is C16H14F3N7. The molecule has 2 bridgehead atoms. The van der Waals surface area contributed by atoms with Crippen molar-refractivity contribution in [3.63, 3.8) is 0 Å². The molecule has 7 nitrogen and oxygen atoms in total. The number of fused-ring (bicyclic) bond motifs is 3. The van der Waals surface area contributed by atoms with E-state index in [0.717, 1.165) is 31.0 Å². The van der Waals surface area contributed by atoms with E-state index in [1.165, 1.54) is 6.07 Å². The Morgan fingerprint density at radius 3 is 2.54 bits per heavy atom. The summed E-state index contributed by atoms with van der Waals surface area (Å²) in [6.07, 6.45) is 2.60. The second-order valence-electron chi connectivity index (χ2n) is 6.56. The summed E-state index contributed by atoms with van der Waals surface area (Å²) in [5.74, 6) is 1.37. The van der Waals surface area contributed by atoms with Crippen LogP contribution in [0.1, 0.15) is 12.0 Å². The lowest BCUT2D eigenvalue weighted by Gasteiger charge is -2.35. The third-order valence-electron chi connectivity index (χ3n) is 5.08. The van der Waals surface area contributed by atoms with E-state index in [1.54, 1.807) is 18.7 Å². The van der Waals surface area contributed by atoms with Crippen LogP contribution in [0.2, 0.25) is 0 Å². The summed E-state index contributed by atoms with van der Waals surface area (Å²) in [4.78, 5) is 12.8. The lowest BCUT2D eigenvalue weighted by atomic mass is 10.2. The smallest absolute Gasteiger partial charge is 0.350 e. The van der Waals surface area contributed by atoms with Crippen molar-refractivity contribution in [1.29, 1.82) is 0 Å². The average molecular weight is 361 g/mol. The van der Waals surface area contributed by atoms with Crippen molar-refractivity contribution in [2.45, 2.75) is 24.7 Å². The van der Waals surface area contributed by atoms with E-state index in [0.29, 0.717) is 18.0 Å². The minimum Gasteiger partial charge on any atom is -0.350 e. The standard InChI is InChI=1S/C16H14F3N7/c17-16(18,19)10-1-2-13(21-6-10)25-7-12-5-11(25)8-26(12)14-15-23-22-9-24(15)4-3-20-14/h1-4,6,9,11-12H,5,7-8H2. The molecule has 2 unspecified atom stereocenters. The Morgan fingerprint density at radius 1 is 1.04 bits per heavy atom. The molecule has 0 amide bonds. The van der Waals surface area contributed by atoms with Crippen molar-refractivity contribution < 1.29 is 13.2 Å². The molecule has 2 aliphatic rings. The van der Waals surface area contributed by atoms with Crippen molar-refractivity contribution in [3.8, 4) is 0 Å². The third kappa shape index (κ3) is 2.28. The van der Waals surface area contributed by atoms with Crippen LogP contribution < -0.4 is 9.80 Å². The molecule has 2 fully saturated rings. The van der Waals surface area contributed by atoms with Crippen molar-refractivity contribution >= 4 is 17.3 Å². The quantitative estimate of drug-likeness (QED) is 0.696. The minimum atomic E-state index is -4.37. The summed E-state index contributed by atoms with van der Waals surface area (Å²) < 4.78 is 39.9. The van der Waals surface area contributed by atoms with Crippen molar-refractivity contribution in [2.75, 3.05) is 22.9 Å². The summed E-state index contributed by atoms with van der Waals surface area (Å²) in [6.45, 7) is 1.42. The number of hydrogen-bond donors (Lipinski definition) is 0. The summed E-state index contributed by atoms with van der Waals surface area (Å²) in [5, 5.41) is 8.05. The van der Waals surface area contributed by atoms with Gasteiger partial charge < -0.3 is 9.80 Å². The Hall–Kier alpha value is -2.91. The first-order valence-electron chi connectivity index (χ1n) is 8.21. The molecule has 0 saturated carbocycles. The summed E-state index contributed by atoms with van der Waals surface area (Å²) in [6, 6.07) is 2.95. The first-order chi connectivity index (χ1) is 12.5. The van der Waals surface area contributed by atoms with Gasteiger partial charge in [0.15, 0.2) is 5.82 Å². The molecule has 134 valence electrons. The van der Waals surface area contributed by atoms with Gasteiger partial charge in [-0.25, -0.2) is 9.97 Å². The van der Waals surface area contributed by atoms with Crippen LogP contribution in [-0.2, 0) is 6.18 Å². The molecule has 2 aliphatic heterocycles. The maximum absolute atomic E-state index is 12.7. The number of pyridine rings is 1. The van der Waals surface area contributed by atoms with Gasteiger partial charge in [-0.15, -0.1) is 10.2 Å². The fourth-order valence-electron chi connectivity index (χ4n) is 3.88. The Bertz CT molecular complexity index is 952. The number of aromatic nitrogens is 5. The van der Waals surface area contributed by atoms with Crippen LogP contribution in [-0.4, -0.2) is 49.7 Å². The number of alkyl halides is 3. The van der Waals surface area contributed by atoms with E-state index >= 15 is 0 Å². The highest BCUT2D eigenvalue weighted by molar-refractivity contribution is 5.66. The van der Waals surface area contributed by atoms with Crippen molar-refractivity contribution in [3.05, 3.63) is 42.6 Å². The maximum atomic E-state index is 12.7. The minimum absolute atomic E-state index is 0.189. The Kier molecular flexibility index (Phi) is 3.12. The van der Waals surface area contributed by atoms with Gasteiger partial charge in [-0.1, -0.05) is 0 Å². The van der Waals surface area contributed by atoms with Crippen LogP contribution in [0.25, 0.3) is 5.65 Å². The molecule has 2 saturated heterocycles. The largest absolute Gasteiger partial charge is 0.417 e. The van der Waals surface area contributed by atoms with E-state index in [2.05, 4.69) is 30.0 Å².